The van der Waals surface area contributed by atoms with Crippen LogP contribution in [0, 0.1) is 17.4 Å². The first-order valence-corrected chi connectivity index (χ1v) is 17.9. The first-order chi connectivity index (χ1) is 20.9. The van der Waals surface area contributed by atoms with Crippen LogP contribution in [0.5, 0.6) is 11.5 Å². The second-order valence-corrected chi connectivity index (χ2v) is 15.0. The Labute approximate surface area is 274 Å². The van der Waals surface area contributed by atoms with Gasteiger partial charge >= 0.3 is 20.2 Å². The second-order valence-electron chi connectivity index (χ2n) is 9.70. The van der Waals surface area contributed by atoms with Gasteiger partial charge in [0.25, 0.3) is 0 Å². The topological polar surface area (TPSA) is 104 Å². The minimum absolute atomic E-state index is 0.0479. The number of carbonyl (C=O) groups excluding carboxylic acids is 1. The van der Waals surface area contributed by atoms with Gasteiger partial charge in [-0.1, -0.05) is 77.9 Å². The fourth-order valence-electron chi connectivity index (χ4n) is 4.20. The molecule has 0 fully saturated rings. The van der Waals surface area contributed by atoms with E-state index in [2.05, 4.69) is 0 Å². The van der Waals surface area contributed by atoms with E-state index in [1.165, 1.54) is 36.4 Å². The normalized spacial score (nSPS) is 11.6. The maximum Gasteiger partial charge on any atom is 0.339 e. The maximum absolute atomic E-state index is 13.4. The van der Waals surface area contributed by atoms with E-state index in [0.717, 1.165) is 22.9 Å². The molecule has 0 spiro atoms. The molecule has 5 aromatic carbocycles. The minimum Gasteiger partial charge on any atom is -0.378 e. The average molecular weight is 757 g/mol. The Morgan fingerprint density at radius 2 is 1.07 bits per heavy atom. The molecule has 0 unspecified atom stereocenters. The largest absolute Gasteiger partial charge is 0.378 e. The second kappa shape index (κ2) is 13.1. The van der Waals surface area contributed by atoms with E-state index in [0.29, 0.717) is 14.0 Å². The highest BCUT2D eigenvalue weighted by atomic mass is 127. The van der Waals surface area contributed by atoms with Gasteiger partial charge in [-0.25, -0.2) is 0 Å². The van der Waals surface area contributed by atoms with Crippen molar-refractivity contribution >= 4 is 59.7 Å². The van der Waals surface area contributed by atoms with Crippen LogP contribution < -0.4 is 8.37 Å². The predicted molar refractivity (Wildman–Crippen MR) is 179 cm³/mol. The Bertz CT molecular complexity index is 2040. The Kier molecular flexibility index (Phi) is 9.49. The van der Waals surface area contributed by atoms with E-state index in [4.69, 9.17) is 8.37 Å². The summed E-state index contributed by atoms with van der Waals surface area (Å²) in [5.74, 6) is -0.159. The maximum atomic E-state index is 13.4. The number of rotatable bonds is 9. The Morgan fingerprint density at radius 1 is 0.591 bits per heavy atom. The summed E-state index contributed by atoms with van der Waals surface area (Å²) in [6.45, 7) is 3.68. The number of benzene rings is 5. The Balaban J connectivity index is 1.67. The molecular weight excluding hydrogens is 731 g/mol. The van der Waals surface area contributed by atoms with Gasteiger partial charge < -0.3 is 8.37 Å². The lowest BCUT2D eigenvalue weighted by molar-refractivity contribution is 0.108. The van der Waals surface area contributed by atoms with Crippen molar-refractivity contribution in [2.75, 3.05) is 0 Å². The molecule has 5 aromatic rings. The third-order valence-corrected chi connectivity index (χ3v) is 10.8. The smallest absolute Gasteiger partial charge is 0.339 e. The van der Waals surface area contributed by atoms with E-state index >= 15 is 0 Å². The molecule has 0 heterocycles. The van der Waals surface area contributed by atoms with Gasteiger partial charge in [-0.05, 0) is 96.7 Å². The van der Waals surface area contributed by atoms with E-state index in [9.17, 15) is 21.6 Å². The third kappa shape index (κ3) is 7.17. The zero-order valence-electron chi connectivity index (χ0n) is 23.4. The molecule has 0 radical (unpaired) electrons. The van der Waals surface area contributed by atoms with Crippen molar-refractivity contribution in [3.05, 3.63) is 136 Å². The zero-order chi connectivity index (χ0) is 31.5. The quantitative estimate of drug-likeness (QED) is 0.0846. The fraction of sp³-hybridized carbons (Fsp3) is 0.0606. The molecule has 7 nitrogen and oxygen atoms in total. The van der Waals surface area contributed by atoms with Crippen molar-refractivity contribution in [1.82, 2.24) is 0 Å². The third-order valence-electron chi connectivity index (χ3n) is 6.44. The standard InChI is InChI=1S/C33H25IO7S3/c1-22-14-18-25(19-15-22)43(36,37)40-28-11-6-10-27(34)31(28)32-29(41-44(38,39)26-20-16-23(2)17-21-26)12-7-13-30(32)42-33(35)24-8-4-3-5-9-24/h3-21H,1-2H3. The van der Waals surface area contributed by atoms with Gasteiger partial charge in [-0.2, -0.15) is 16.8 Å². The van der Waals surface area contributed by atoms with Crippen LogP contribution in [0.4, 0.5) is 0 Å². The lowest BCUT2D eigenvalue weighted by Gasteiger charge is -2.19. The van der Waals surface area contributed by atoms with Crippen LogP contribution in [0.15, 0.2) is 130 Å². The summed E-state index contributed by atoms with van der Waals surface area (Å²) in [6, 6.07) is 30.5. The van der Waals surface area contributed by atoms with Crippen molar-refractivity contribution in [3.63, 3.8) is 0 Å². The molecular formula is C33H25IO7S3. The van der Waals surface area contributed by atoms with Gasteiger partial charge in [0.05, 0.1) is 0 Å². The van der Waals surface area contributed by atoms with Crippen LogP contribution in [0.2, 0.25) is 0 Å². The van der Waals surface area contributed by atoms with Crippen LogP contribution in [-0.4, -0.2) is 22.0 Å². The lowest BCUT2D eigenvalue weighted by atomic mass is 10.0. The molecule has 0 amide bonds. The molecule has 0 saturated carbocycles. The summed E-state index contributed by atoms with van der Waals surface area (Å²) in [6.07, 6.45) is 0. The molecule has 0 N–H and O–H groups in total. The van der Waals surface area contributed by atoms with E-state index < -0.39 is 20.2 Å². The van der Waals surface area contributed by atoms with Crippen molar-refractivity contribution in [3.8, 4) is 22.6 Å². The predicted octanol–water partition coefficient (Wildman–Crippen LogP) is 8.04. The van der Waals surface area contributed by atoms with Crippen LogP contribution >= 0.6 is 34.4 Å². The van der Waals surface area contributed by atoms with E-state index in [1.807, 2.05) is 36.4 Å². The lowest BCUT2D eigenvalue weighted by Crippen LogP contribution is -2.12. The number of aryl methyl sites for hydroxylation is 2. The number of hydrogen-bond acceptors (Lipinski definition) is 8. The molecule has 11 heteroatoms. The molecule has 0 aromatic heterocycles. The fourth-order valence-corrected chi connectivity index (χ4v) is 7.73. The van der Waals surface area contributed by atoms with Crippen molar-refractivity contribution in [2.24, 2.45) is 0 Å². The van der Waals surface area contributed by atoms with Crippen LogP contribution in [0.3, 0.4) is 0 Å². The first-order valence-electron chi connectivity index (χ1n) is 13.2. The number of thioether (sulfide) groups is 1. The highest BCUT2D eigenvalue weighted by molar-refractivity contribution is 14.1. The van der Waals surface area contributed by atoms with E-state index in [1.54, 1.807) is 78.9 Å². The number of halogens is 1. The molecule has 5 rings (SSSR count). The molecule has 44 heavy (non-hydrogen) atoms. The Hall–Kier alpha value is -3.65. The van der Waals surface area contributed by atoms with Gasteiger partial charge in [0.15, 0.2) is 11.5 Å². The first kappa shape index (κ1) is 31.8. The van der Waals surface area contributed by atoms with Crippen LogP contribution in [0.25, 0.3) is 11.1 Å². The van der Waals surface area contributed by atoms with Crippen molar-refractivity contribution in [1.29, 1.82) is 0 Å². The summed E-state index contributed by atoms with van der Waals surface area (Å²) in [5, 5.41) is -0.300. The van der Waals surface area contributed by atoms with E-state index in [-0.39, 0.29) is 37.5 Å². The Morgan fingerprint density at radius 3 is 1.59 bits per heavy atom. The SMILES string of the molecule is Cc1ccc(S(=O)(=O)Oc2cccc(I)c2-c2c(OS(=O)(=O)c3ccc(C)cc3)cccc2SC(=O)c2ccccc2)cc1. The van der Waals surface area contributed by atoms with Crippen LogP contribution in [0.1, 0.15) is 21.5 Å². The summed E-state index contributed by atoms with van der Waals surface area (Å²) in [5.41, 5.74) is 2.63. The van der Waals surface area contributed by atoms with Crippen molar-refractivity contribution < 1.29 is 30.0 Å². The molecule has 0 bridgehead atoms. The summed E-state index contributed by atoms with van der Waals surface area (Å²) < 4.78 is 65.6. The van der Waals surface area contributed by atoms with Crippen LogP contribution in [-0.2, 0) is 20.2 Å². The molecule has 0 aliphatic carbocycles. The highest BCUT2D eigenvalue weighted by Crippen LogP contribution is 2.47. The molecule has 0 atom stereocenters. The van der Waals surface area contributed by atoms with Gasteiger partial charge in [0.1, 0.15) is 9.79 Å². The molecule has 0 aliphatic rings. The summed E-state index contributed by atoms with van der Waals surface area (Å²) in [7, 11) is -8.61. The van der Waals surface area contributed by atoms with Gasteiger partial charge in [-0.15, -0.1) is 0 Å². The van der Waals surface area contributed by atoms with Gasteiger partial charge in [-0.3, -0.25) is 4.79 Å². The average Bonchev–Trinajstić information content (AvgIpc) is 2.99. The zero-order valence-corrected chi connectivity index (χ0v) is 28.0. The van der Waals surface area contributed by atoms with Crippen molar-refractivity contribution in [2.45, 2.75) is 28.5 Å². The number of hydrogen-bond donors (Lipinski definition) is 0. The summed E-state index contributed by atoms with van der Waals surface area (Å²) >= 11 is 2.88. The minimum atomic E-state index is -4.32. The summed E-state index contributed by atoms with van der Waals surface area (Å²) in [4.78, 5) is 13.6. The monoisotopic (exact) mass is 756 g/mol. The van der Waals surface area contributed by atoms with Gasteiger partial charge in [0.2, 0.25) is 5.12 Å². The molecule has 224 valence electrons. The number of carbonyl (C=O) groups is 1. The highest BCUT2D eigenvalue weighted by Gasteiger charge is 2.28. The molecule has 0 saturated heterocycles. The van der Waals surface area contributed by atoms with Gasteiger partial charge in [0, 0.05) is 25.2 Å². The molecule has 0 aliphatic heterocycles.